The number of hydrogen-bond acceptors (Lipinski definition) is 10. The second-order valence-electron chi connectivity index (χ2n) is 9.00. The first-order valence-corrected chi connectivity index (χ1v) is 11.8. The summed E-state index contributed by atoms with van der Waals surface area (Å²) < 4.78 is 11.6. The largest absolute Gasteiger partial charge is 0.508 e. The van der Waals surface area contributed by atoms with Gasteiger partial charge in [-0.05, 0) is 48.5 Å². The van der Waals surface area contributed by atoms with E-state index in [0.717, 1.165) is 24.3 Å². The summed E-state index contributed by atoms with van der Waals surface area (Å²) in [5.74, 6) is -3.09. The Labute approximate surface area is 223 Å². The second kappa shape index (κ2) is 8.84. The van der Waals surface area contributed by atoms with Crippen LogP contribution in [-0.4, -0.2) is 30.6 Å². The minimum atomic E-state index is -0.772. The number of aromatic hydroxyl groups is 6. The molecule has 6 N–H and O–H groups in total. The lowest BCUT2D eigenvalue weighted by Gasteiger charge is -2.16. The number of phenols is 6. The van der Waals surface area contributed by atoms with Crippen LogP contribution < -0.4 is 10.9 Å². The van der Waals surface area contributed by atoms with Gasteiger partial charge in [-0.1, -0.05) is 6.07 Å². The molecule has 0 aliphatic heterocycles. The molecule has 10 heteroatoms. The van der Waals surface area contributed by atoms with Gasteiger partial charge < -0.3 is 39.5 Å². The lowest BCUT2D eigenvalue weighted by atomic mass is 9.93. The average molecular weight is 538 g/mol. The molecule has 2 heterocycles. The van der Waals surface area contributed by atoms with Gasteiger partial charge in [-0.2, -0.15) is 0 Å². The zero-order chi connectivity index (χ0) is 28.3. The van der Waals surface area contributed by atoms with Crippen LogP contribution >= 0.6 is 0 Å². The molecule has 6 rings (SSSR count). The van der Waals surface area contributed by atoms with E-state index in [1.54, 1.807) is 0 Å². The quantitative estimate of drug-likeness (QED) is 0.165. The molecule has 6 aromatic rings. The van der Waals surface area contributed by atoms with Crippen LogP contribution in [0.4, 0.5) is 0 Å². The molecule has 0 aliphatic carbocycles. The van der Waals surface area contributed by atoms with Gasteiger partial charge >= 0.3 is 0 Å². The first-order chi connectivity index (χ1) is 19.1. The fourth-order valence-corrected chi connectivity index (χ4v) is 4.67. The fraction of sp³-hybridized carbons (Fsp3) is 0. The molecule has 2 aromatic heterocycles. The van der Waals surface area contributed by atoms with Crippen molar-refractivity contribution >= 4 is 21.9 Å². The van der Waals surface area contributed by atoms with Gasteiger partial charge in [0.05, 0.1) is 5.56 Å². The number of benzene rings is 4. The van der Waals surface area contributed by atoms with Gasteiger partial charge in [-0.3, -0.25) is 9.59 Å². The monoisotopic (exact) mass is 538 g/mol. The topological polar surface area (TPSA) is 182 Å². The smallest absolute Gasteiger partial charge is 0.197 e. The van der Waals surface area contributed by atoms with Crippen LogP contribution in [0, 0.1) is 0 Å². The molecular weight excluding hydrogens is 520 g/mol. The highest BCUT2D eigenvalue weighted by Crippen LogP contribution is 2.51. The van der Waals surface area contributed by atoms with Crippen LogP contribution in [0.25, 0.3) is 55.7 Å². The standard InChI is InChI=1S/C30H18O10/c31-14-6-4-13(5-7-14)22-10-19(35)27-24(40-22)12-20(36)28(30(27)38)25-15(8-9-17(33)29(25)37)23-11-18(34)26-16(32)2-1-3-21(26)39-23/h1-12,31-33,36-38H. The first-order valence-electron chi connectivity index (χ1n) is 11.8. The van der Waals surface area contributed by atoms with Crippen LogP contribution in [0.5, 0.6) is 34.5 Å². The van der Waals surface area contributed by atoms with E-state index in [4.69, 9.17) is 8.83 Å². The van der Waals surface area contributed by atoms with Crippen molar-refractivity contribution in [1.29, 1.82) is 0 Å². The molecule has 4 aromatic carbocycles. The Kier molecular flexibility index (Phi) is 5.40. The van der Waals surface area contributed by atoms with E-state index in [-0.39, 0.29) is 56.1 Å². The summed E-state index contributed by atoms with van der Waals surface area (Å²) >= 11 is 0. The van der Waals surface area contributed by atoms with Crippen molar-refractivity contribution in [1.82, 2.24) is 0 Å². The van der Waals surface area contributed by atoms with E-state index >= 15 is 0 Å². The summed E-state index contributed by atoms with van der Waals surface area (Å²) in [5.41, 5.74) is -1.78. The number of fused-ring (bicyclic) bond motifs is 2. The summed E-state index contributed by atoms with van der Waals surface area (Å²) in [7, 11) is 0. The Morgan fingerprint density at radius 1 is 0.525 bits per heavy atom. The van der Waals surface area contributed by atoms with Gasteiger partial charge in [-0.25, -0.2) is 0 Å². The fourth-order valence-electron chi connectivity index (χ4n) is 4.67. The highest BCUT2D eigenvalue weighted by molar-refractivity contribution is 6.01. The molecule has 0 unspecified atom stereocenters. The molecule has 0 spiro atoms. The minimum Gasteiger partial charge on any atom is -0.508 e. The molecule has 198 valence electrons. The van der Waals surface area contributed by atoms with Crippen LogP contribution in [-0.2, 0) is 0 Å². The summed E-state index contributed by atoms with van der Waals surface area (Å²) in [6.45, 7) is 0. The Morgan fingerprint density at radius 2 is 1.20 bits per heavy atom. The third kappa shape index (κ3) is 3.74. The Balaban J connectivity index is 1.63. The van der Waals surface area contributed by atoms with E-state index in [0.29, 0.717) is 5.56 Å². The van der Waals surface area contributed by atoms with Crippen LogP contribution in [0.3, 0.4) is 0 Å². The van der Waals surface area contributed by atoms with E-state index in [2.05, 4.69) is 0 Å². The van der Waals surface area contributed by atoms with Gasteiger partial charge in [0.2, 0.25) is 0 Å². The van der Waals surface area contributed by atoms with Crippen molar-refractivity contribution < 1.29 is 39.5 Å². The van der Waals surface area contributed by atoms with Gasteiger partial charge in [0.1, 0.15) is 56.5 Å². The number of rotatable bonds is 3. The van der Waals surface area contributed by atoms with Crippen LogP contribution in [0.15, 0.2) is 91.2 Å². The van der Waals surface area contributed by atoms with Crippen molar-refractivity contribution in [3.63, 3.8) is 0 Å². The van der Waals surface area contributed by atoms with Gasteiger partial charge in [0, 0.05) is 34.9 Å². The van der Waals surface area contributed by atoms with Crippen molar-refractivity contribution in [2.24, 2.45) is 0 Å². The second-order valence-corrected chi connectivity index (χ2v) is 9.00. The molecule has 0 fully saturated rings. The zero-order valence-corrected chi connectivity index (χ0v) is 20.2. The van der Waals surface area contributed by atoms with Gasteiger partial charge in [-0.15, -0.1) is 0 Å². The maximum Gasteiger partial charge on any atom is 0.197 e. The maximum atomic E-state index is 13.1. The Hall–Kier alpha value is -5.90. The number of hydrogen-bond donors (Lipinski definition) is 6. The summed E-state index contributed by atoms with van der Waals surface area (Å²) in [6.07, 6.45) is 0. The van der Waals surface area contributed by atoms with E-state index in [1.165, 1.54) is 48.5 Å². The lowest BCUT2D eigenvalue weighted by molar-refractivity contribution is 0.404. The molecular formula is C30H18O10. The first kappa shape index (κ1) is 24.4. The molecule has 0 radical (unpaired) electrons. The van der Waals surface area contributed by atoms with Crippen LogP contribution in [0.1, 0.15) is 0 Å². The zero-order valence-electron chi connectivity index (χ0n) is 20.2. The third-order valence-electron chi connectivity index (χ3n) is 6.53. The molecule has 0 amide bonds. The van der Waals surface area contributed by atoms with Crippen LogP contribution in [0.2, 0.25) is 0 Å². The predicted octanol–water partition coefficient (Wildman–Crippen LogP) is 5.13. The molecule has 0 atom stereocenters. The SMILES string of the molecule is O=c1cc(-c2ccc(O)c(O)c2-c2c(O)cc3oc(-c4ccc(O)cc4)cc(=O)c3c2O)oc2cccc(O)c12. The van der Waals surface area contributed by atoms with Crippen molar-refractivity contribution in [2.75, 3.05) is 0 Å². The maximum absolute atomic E-state index is 13.1. The van der Waals surface area contributed by atoms with Gasteiger partial charge in [0.25, 0.3) is 0 Å². The van der Waals surface area contributed by atoms with Crippen molar-refractivity contribution in [2.45, 2.75) is 0 Å². The Bertz CT molecular complexity index is 2100. The van der Waals surface area contributed by atoms with E-state index in [9.17, 15) is 40.2 Å². The normalized spacial score (nSPS) is 11.3. The van der Waals surface area contributed by atoms with Crippen molar-refractivity contribution in [3.8, 4) is 68.3 Å². The summed E-state index contributed by atoms with van der Waals surface area (Å²) in [5, 5.41) is 62.6. The molecule has 0 aliphatic rings. The summed E-state index contributed by atoms with van der Waals surface area (Å²) in [4.78, 5) is 26.0. The van der Waals surface area contributed by atoms with Gasteiger partial charge in [0.15, 0.2) is 22.4 Å². The number of phenolic OH excluding ortho intramolecular Hbond substituents is 6. The molecule has 10 nitrogen and oxygen atoms in total. The lowest BCUT2D eigenvalue weighted by Crippen LogP contribution is -2.03. The molecule has 0 bridgehead atoms. The third-order valence-corrected chi connectivity index (χ3v) is 6.53. The van der Waals surface area contributed by atoms with E-state index < -0.39 is 39.4 Å². The predicted molar refractivity (Wildman–Crippen MR) is 145 cm³/mol. The average Bonchev–Trinajstić information content (AvgIpc) is 2.90. The summed E-state index contributed by atoms with van der Waals surface area (Å²) in [6, 6.07) is 15.7. The highest BCUT2D eigenvalue weighted by atomic mass is 16.3. The molecule has 0 saturated heterocycles. The molecule has 40 heavy (non-hydrogen) atoms. The molecule has 0 saturated carbocycles. The van der Waals surface area contributed by atoms with Crippen molar-refractivity contribution in [3.05, 3.63) is 93.2 Å². The highest BCUT2D eigenvalue weighted by Gasteiger charge is 2.27. The van der Waals surface area contributed by atoms with E-state index in [1.807, 2.05) is 0 Å². The Morgan fingerprint density at radius 3 is 1.95 bits per heavy atom. The minimum absolute atomic E-state index is 0.00703.